The van der Waals surface area contributed by atoms with Gasteiger partial charge in [-0.2, -0.15) is 0 Å². The molecule has 11 nitrogen and oxygen atoms in total. The zero-order valence-electron chi connectivity index (χ0n) is 20.1. The first-order chi connectivity index (χ1) is 17.7. The minimum atomic E-state index is -3.43. The number of sulfone groups is 1. The van der Waals surface area contributed by atoms with Gasteiger partial charge in [0.05, 0.1) is 23.6 Å². The Kier molecular flexibility index (Phi) is 7.69. The fourth-order valence-electron chi connectivity index (χ4n) is 3.39. The van der Waals surface area contributed by atoms with Crippen LogP contribution >= 0.6 is 0 Å². The first-order valence-electron chi connectivity index (χ1n) is 11.3. The van der Waals surface area contributed by atoms with Gasteiger partial charge in [0.25, 0.3) is 5.91 Å². The number of rotatable bonds is 11. The number of benzene rings is 1. The number of hydrogen-bond donors (Lipinski definition) is 2. The molecule has 1 fully saturated rings. The normalized spacial score (nSPS) is 14.0. The maximum atomic E-state index is 12.9. The van der Waals surface area contributed by atoms with Crippen molar-refractivity contribution in [1.29, 1.82) is 0 Å². The number of anilines is 1. The maximum absolute atomic E-state index is 12.9. The number of amides is 1. The highest BCUT2D eigenvalue weighted by Gasteiger charge is 2.37. The van der Waals surface area contributed by atoms with E-state index in [4.69, 9.17) is 19.3 Å². The van der Waals surface area contributed by atoms with Crippen LogP contribution < -0.4 is 14.8 Å². The number of carbonyl (C=O) groups excluding carboxylic acids is 1. The van der Waals surface area contributed by atoms with E-state index in [-0.39, 0.29) is 44.8 Å². The summed E-state index contributed by atoms with van der Waals surface area (Å²) in [6, 6.07) is 10.2. The predicted octanol–water partition coefficient (Wildman–Crippen LogP) is 3.57. The van der Waals surface area contributed by atoms with Crippen molar-refractivity contribution in [3.05, 3.63) is 66.0 Å². The highest BCUT2D eigenvalue weighted by molar-refractivity contribution is 7.92. The van der Waals surface area contributed by atoms with Crippen LogP contribution in [0, 0.1) is 0 Å². The van der Waals surface area contributed by atoms with Crippen molar-refractivity contribution < 1.29 is 37.3 Å². The van der Waals surface area contributed by atoms with Crippen LogP contribution in [0.2, 0.25) is 0 Å². The summed E-state index contributed by atoms with van der Waals surface area (Å²) < 4.78 is 41.6. The van der Waals surface area contributed by atoms with E-state index >= 15 is 0 Å². The number of carboxylic acids is 1. The lowest BCUT2D eigenvalue weighted by atomic mass is 10.2. The molecule has 3 aromatic rings. The average Bonchev–Trinajstić information content (AvgIpc) is 3.71. The van der Waals surface area contributed by atoms with Crippen LogP contribution in [-0.2, 0) is 14.6 Å². The Morgan fingerprint density at radius 3 is 2.38 bits per heavy atom. The van der Waals surface area contributed by atoms with Crippen LogP contribution in [0.1, 0.15) is 40.5 Å². The Labute approximate surface area is 213 Å². The molecular weight excluding hydrogens is 502 g/mol. The number of aromatic nitrogens is 2. The van der Waals surface area contributed by atoms with E-state index in [1.165, 1.54) is 42.6 Å². The third-order valence-electron chi connectivity index (χ3n) is 5.33. The van der Waals surface area contributed by atoms with Gasteiger partial charge in [0.15, 0.2) is 14.9 Å². The van der Waals surface area contributed by atoms with Gasteiger partial charge >= 0.3 is 5.97 Å². The van der Waals surface area contributed by atoms with E-state index in [0.717, 1.165) is 6.20 Å². The Morgan fingerprint density at radius 2 is 1.78 bits per heavy atom. The van der Waals surface area contributed by atoms with Crippen LogP contribution in [0.25, 0.3) is 0 Å². The number of carbonyl (C=O) groups is 2. The van der Waals surface area contributed by atoms with Crippen LogP contribution in [-0.4, -0.2) is 60.4 Å². The van der Waals surface area contributed by atoms with Gasteiger partial charge in [0, 0.05) is 24.9 Å². The van der Waals surface area contributed by atoms with Crippen molar-refractivity contribution in [3.8, 4) is 17.2 Å². The molecule has 37 heavy (non-hydrogen) atoms. The standard InChI is InChI=1S/C25H25N3O8S/c1-15(14-34-2)35-19-9-17(24(29)28-22-7-3-16(12-26-22)25(30)31)10-20(11-19)36-18-4-8-23(27-13-18)37(32,33)21-5-6-21/h3-4,7-13,15,21H,5-6,14H2,1-2H3,(H,30,31)(H,26,28,29)/t15-/m0/s1. The Balaban J connectivity index is 1.56. The van der Waals surface area contributed by atoms with Crippen molar-refractivity contribution in [3.63, 3.8) is 0 Å². The molecule has 4 rings (SSSR count). The Hall–Kier alpha value is -4.03. The van der Waals surface area contributed by atoms with Gasteiger partial charge < -0.3 is 24.6 Å². The SMILES string of the molecule is COC[C@H](C)Oc1cc(Oc2ccc(S(=O)(=O)C3CC3)nc2)cc(C(=O)Nc2ccc(C(=O)O)cn2)c1. The molecule has 2 aromatic heterocycles. The van der Waals surface area contributed by atoms with Gasteiger partial charge in [-0.15, -0.1) is 0 Å². The molecule has 0 unspecified atom stereocenters. The summed E-state index contributed by atoms with van der Waals surface area (Å²) in [5.41, 5.74) is 0.169. The molecule has 0 bridgehead atoms. The number of nitrogens with one attached hydrogen (secondary N) is 1. The predicted molar refractivity (Wildman–Crippen MR) is 132 cm³/mol. The lowest BCUT2D eigenvalue weighted by Gasteiger charge is -2.16. The average molecular weight is 528 g/mol. The van der Waals surface area contributed by atoms with Gasteiger partial charge in [0.1, 0.15) is 29.2 Å². The Bertz CT molecular complexity index is 1390. The molecule has 1 aliphatic rings. The molecule has 0 radical (unpaired) electrons. The zero-order chi connectivity index (χ0) is 26.6. The fraction of sp³-hybridized carbons (Fsp3) is 0.280. The van der Waals surface area contributed by atoms with E-state index in [9.17, 15) is 18.0 Å². The lowest BCUT2D eigenvalue weighted by molar-refractivity contribution is 0.0696. The molecule has 1 aliphatic carbocycles. The minimum Gasteiger partial charge on any atom is -0.488 e. The van der Waals surface area contributed by atoms with Crippen molar-refractivity contribution in [1.82, 2.24) is 9.97 Å². The number of hydrogen-bond acceptors (Lipinski definition) is 9. The molecule has 2 heterocycles. The number of carboxylic acid groups (broad SMARTS) is 1. The molecule has 0 aliphatic heterocycles. The summed E-state index contributed by atoms with van der Waals surface area (Å²) in [4.78, 5) is 32.0. The van der Waals surface area contributed by atoms with Gasteiger partial charge in [-0.05, 0) is 56.2 Å². The molecule has 194 valence electrons. The molecule has 1 saturated carbocycles. The summed E-state index contributed by atoms with van der Waals surface area (Å²) in [6.45, 7) is 2.11. The number of ether oxygens (including phenoxy) is 3. The number of aromatic carboxylic acids is 1. The quantitative estimate of drug-likeness (QED) is 0.378. The third-order valence-corrected chi connectivity index (χ3v) is 7.51. The van der Waals surface area contributed by atoms with Crippen molar-refractivity contribution in [2.24, 2.45) is 0 Å². The van der Waals surface area contributed by atoms with Crippen molar-refractivity contribution >= 4 is 27.5 Å². The van der Waals surface area contributed by atoms with E-state index in [2.05, 4.69) is 15.3 Å². The lowest BCUT2D eigenvalue weighted by Crippen LogP contribution is -2.19. The highest BCUT2D eigenvalue weighted by Crippen LogP contribution is 2.34. The molecular formula is C25H25N3O8S. The first-order valence-corrected chi connectivity index (χ1v) is 12.9. The van der Waals surface area contributed by atoms with Crippen LogP contribution in [0.5, 0.6) is 17.2 Å². The smallest absolute Gasteiger partial charge is 0.337 e. The largest absolute Gasteiger partial charge is 0.488 e. The molecule has 1 amide bonds. The van der Waals surface area contributed by atoms with Gasteiger partial charge in [-0.25, -0.2) is 23.2 Å². The summed E-state index contributed by atoms with van der Waals surface area (Å²) in [5.74, 6) is -0.644. The number of methoxy groups -OCH3 is 1. The van der Waals surface area contributed by atoms with Crippen molar-refractivity contribution in [2.45, 2.75) is 36.1 Å². The minimum absolute atomic E-state index is 0.00527. The number of pyridine rings is 2. The monoisotopic (exact) mass is 527 g/mol. The molecule has 12 heteroatoms. The highest BCUT2D eigenvalue weighted by atomic mass is 32.2. The molecule has 0 spiro atoms. The Morgan fingerprint density at radius 1 is 1.03 bits per heavy atom. The van der Waals surface area contributed by atoms with Gasteiger partial charge in [-0.3, -0.25) is 4.79 Å². The maximum Gasteiger partial charge on any atom is 0.337 e. The van der Waals surface area contributed by atoms with Gasteiger partial charge in [0.2, 0.25) is 0 Å². The molecule has 2 N–H and O–H groups in total. The summed E-state index contributed by atoms with van der Waals surface area (Å²) >= 11 is 0. The molecule has 1 atom stereocenters. The van der Waals surface area contributed by atoms with Crippen LogP contribution in [0.15, 0.2) is 59.9 Å². The summed E-state index contributed by atoms with van der Waals surface area (Å²) in [7, 11) is -1.88. The van der Waals surface area contributed by atoms with Crippen LogP contribution in [0.4, 0.5) is 5.82 Å². The topological polar surface area (TPSA) is 154 Å². The third kappa shape index (κ3) is 6.60. The second kappa shape index (κ2) is 10.9. The van der Waals surface area contributed by atoms with E-state index in [1.54, 1.807) is 20.1 Å². The zero-order valence-corrected chi connectivity index (χ0v) is 20.9. The fourth-order valence-corrected chi connectivity index (χ4v) is 4.95. The second-order valence-corrected chi connectivity index (χ2v) is 10.6. The van der Waals surface area contributed by atoms with E-state index in [0.29, 0.717) is 25.2 Å². The second-order valence-electron chi connectivity index (χ2n) is 8.45. The molecule has 0 saturated heterocycles. The van der Waals surface area contributed by atoms with Gasteiger partial charge in [-0.1, -0.05) is 0 Å². The summed E-state index contributed by atoms with van der Waals surface area (Å²) in [6.07, 6.45) is 3.40. The molecule has 1 aromatic carbocycles. The van der Waals surface area contributed by atoms with E-state index in [1.807, 2.05) is 0 Å². The summed E-state index contributed by atoms with van der Waals surface area (Å²) in [5, 5.41) is 11.2. The van der Waals surface area contributed by atoms with Crippen LogP contribution in [0.3, 0.4) is 0 Å². The first kappa shape index (κ1) is 26.0. The van der Waals surface area contributed by atoms with E-state index < -0.39 is 21.7 Å². The van der Waals surface area contributed by atoms with Crippen molar-refractivity contribution in [2.75, 3.05) is 19.0 Å². The number of nitrogens with zero attached hydrogens (tertiary/aromatic N) is 2.